The van der Waals surface area contributed by atoms with Gasteiger partial charge in [-0.15, -0.1) is 0 Å². The number of ether oxygens (including phenoxy) is 1. The predicted octanol–water partition coefficient (Wildman–Crippen LogP) is 3.40. The molecule has 0 heterocycles. The van der Waals surface area contributed by atoms with Crippen LogP contribution in [-0.2, 0) is 0 Å². The summed E-state index contributed by atoms with van der Waals surface area (Å²) < 4.78 is 28.8. The molecule has 0 unspecified atom stereocenters. The minimum Gasteiger partial charge on any atom is -0.435 e. The quantitative estimate of drug-likeness (QED) is 0.629. The Labute approximate surface area is 99.8 Å². The fraction of sp³-hybridized carbons (Fsp3) is 0.300. The topological polar surface area (TPSA) is 26.3 Å². The number of carbonyl (C=O) groups is 1. The Bertz CT molecular complexity index is 368. The van der Waals surface area contributed by atoms with Crippen molar-refractivity contribution in [3.63, 3.8) is 0 Å². The van der Waals surface area contributed by atoms with E-state index in [1.807, 2.05) is 22.6 Å². The van der Waals surface area contributed by atoms with Crippen LogP contribution in [0.3, 0.4) is 0 Å². The molecule has 0 atom stereocenters. The minimum atomic E-state index is -2.84. The molecule has 0 saturated carbocycles. The van der Waals surface area contributed by atoms with Crippen molar-refractivity contribution in [2.75, 3.05) is 0 Å². The lowest BCUT2D eigenvalue weighted by Gasteiger charge is -2.09. The van der Waals surface area contributed by atoms with Gasteiger partial charge in [-0.3, -0.25) is 4.79 Å². The molecule has 5 heteroatoms. The van der Waals surface area contributed by atoms with Crippen molar-refractivity contribution in [2.24, 2.45) is 0 Å². The summed E-state index contributed by atoms with van der Waals surface area (Å²) in [6.45, 7) is 0.290. The van der Waals surface area contributed by atoms with Crippen LogP contribution in [0.25, 0.3) is 0 Å². The first kappa shape index (κ1) is 12.4. The summed E-state index contributed by atoms with van der Waals surface area (Å²) >= 11 is 1.93. The number of hydrogen-bond acceptors (Lipinski definition) is 2. The van der Waals surface area contributed by atoms with Gasteiger partial charge < -0.3 is 4.74 Å². The van der Waals surface area contributed by atoms with Crippen LogP contribution in [0.4, 0.5) is 8.78 Å². The summed E-state index contributed by atoms with van der Waals surface area (Å²) in [5.74, 6) is -0.00241. The van der Waals surface area contributed by atoms with E-state index in [2.05, 4.69) is 4.74 Å². The van der Waals surface area contributed by atoms with Crippen molar-refractivity contribution < 1.29 is 18.3 Å². The van der Waals surface area contributed by atoms with Crippen molar-refractivity contribution in [2.45, 2.75) is 20.5 Å². The third-order valence-corrected chi connectivity index (χ3v) is 2.69. The first-order chi connectivity index (χ1) is 6.91. The number of alkyl halides is 2. The van der Waals surface area contributed by atoms with E-state index in [1.54, 1.807) is 6.92 Å². The monoisotopic (exact) mass is 326 g/mol. The first-order valence-electron chi connectivity index (χ1n) is 4.17. The third kappa shape index (κ3) is 3.12. The van der Waals surface area contributed by atoms with Crippen LogP contribution in [0, 0.1) is 10.5 Å². The van der Waals surface area contributed by atoms with Gasteiger partial charge in [-0.2, -0.15) is 8.78 Å². The second-order valence-corrected chi connectivity index (χ2v) is 4.19. The third-order valence-electron chi connectivity index (χ3n) is 1.84. The van der Waals surface area contributed by atoms with E-state index in [0.717, 1.165) is 0 Å². The summed E-state index contributed by atoms with van der Waals surface area (Å²) in [5, 5.41) is 0. The molecule has 2 nitrogen and oxygen atoms in total. The van der Waals surface area contributed by atoms with E-state index in [0.29, 0.717) is 14.7 Å². The first-order valence-corrected chi connectivity index (χ1v) is 5.25. The van der Waals surface area contributed by atoms with Crippen LogP contribution in [-0.4, -0.2) is 12.4 Å². The zero-order chi connectivity index (χ0) is 11.6. The standard InChI is InChI=1S/C10H9F2IO2/c1-5-3-7(15-10(11)12)4-8(13)9(5)6(2)14/h3-4,10H,1-2H3. The Morgan fingerprint density at radius 2 is 2.07 bits per heavy atom. The molecular weight excluding hydrogens is 317 g/mol. The van der Waals surface area contributed by atoms with Gasteiger partial charge in [-0.1, -0.05) is 0 Å². The molecule has 0 saturated heterocycles. The van der Waals surface area contributed by atoms with E-state index < -0.39 is 6.61 Å². The van der Waals surface area contributed by atoms with Gasteiger partial charge in [-0.05, 0) is 54.1 Å². The van der Waals surface area contributed by atoms with Gasteiger partial charge in [0.1, 0.15) is 5.75 Å². The number of Topliss-reactive ketones (excluding diaryl/α,β-unsaturated/α-hetero) is 1. The predicted molar refractivity (Wildman–Crippen MR) is 60.5 cm³/mol. The Kier molecular flexibility index (Phi) is 4.01. The Balaban J connectivity index is 3.14. The molecule has 0 N–H and O–H groups in total. The van der Waals surface area contributed by atoms with Crippen LogP contribution >= 0.6 is 22.6 Å². The van der Waals surface area contributed by atoms with Gasteiger partial charge in [0.2, 0.25) is 0 Å². The van der Waals surface area contributed by atoms with Crippen LogP contribution in [0.15, 0.2) is 12.1 Å². The minimum absolute atomic E-state index is 0.0805. The van der Waals surface area contributed by atoms with Gasteiger partial charge in [0.25, 0.3) is 0 Å². The zero-order valence-electron chi connectivity index (χ0n) is 8.18. The summed E-state index contributed by atoms with van der Waals surface area (Å²) in [7, 11) is 0. The van der Waals surface area contributed by atoms with Gasteiger partial charge in [0.05, 0.1) is 0 Å². The highest BCUT2D eigenvalue weighted by molar-refractivity contribution is 14.1. The van der Waals surface area contributed by atoms with E-state index in [4.69, 9.17) is 0 Å². The Morgan fingerprint density at radius 3 is 2.47 bits per heavy atom. The van der Waals surface area contributed by atoms with Gasteiger partial charge in [0, 0.05) is 9.13 Å². The molecule has 0 spiro atoms. The van der Waals surface area contributed by atoms with Crippen molar-refractivity contribution >= 4 is 28.4 Å². The van der Waals surface area contributed by atoms with Crippen molar-refractivity contribution in [1.29, 1.82) is 0 Å². The second kappa shape index (κ2) is 4.87. The average molecular weight is 326 g/mol. The molecule has 82 valence electrons. The van der Waals surface area contributed by atoms with Crippen LogP contribution in [0.2, 0.25) is 0 Å². The summed E-state index contributed by atoms with van der Waals surface area (Å²) in [6.07, 6.45) is 0. The molecule has 0 fully saturated rings. The normalized spacial score (nSPS) is 10.5. The van der Waals surface area contributed by atoms with Crippen molar-refractivity contribution in [1.82, 2.24) is 0 Å². The molecule has 15 heavy (non-hydrogen) atoms. The molecule has 0 amide bonds. The lowest BCUT2D eigenvalue weighted by Crippen LogP contribution is -2.05. The summed E-state index contributed by atoms with van der Waals surface area (Å²) in [6, 6.07) is 2.86. The maximum atomic E-state index is 12.0. The summed E-state index contributed by atoms with van der Waals surface area (Å²) in [4.78, 5) is 11.2. The molecule has 0 aliphatic carbocycles. The van der Waals surface area contributed by atoms with Gasteiger partial charge in [-0.25, -0.2) is 0 Å². The molecule has 1 rings (SSSR count). The molecular formula is C10H9F2IO2. The number of rotatable bonds is 3. The Hall–Kier alpha value is -0.720. The lowest BCUT2D eigenvalue weighted by atomic mass is 10.1. The zero-order valence-corrected chi connectivity index (χ0v) is 10.3. The number of halogens is 3. The second-order valence-electron chi connectivity index (χ2n) is 3.03. The van der Waals surface area contributed by atoms with E-state index in [-0.39, 0.29) is 11.5 Å². The molecule has 0 radical (unpaired) electrons. The van der Waals surface area contributed by atoms with Gasteiger partial charge in [0.15, 0.2) is 5.78 Å². The van der Waals surface area contributed by atoms with E-state index in [9.17, 15) is 13.6 Å². The molecule has 1 aromatic rings. The smallest absolute Gasteiger partial charge is 0.387 e. The maximum Gasteiger partial charge on any atom is 0.387 e. The number of ketones is 1. The highest BCUT2D eigenvalue weighted by Crippen LogP contribution is 2.25. The lowest BCUT2D eigenvalue weighted by molar-refractivity contribution is -0.0499. The van der Waals surface area contributed by atoms with Gasteiger partial charge >= 0.3 is 6.61 Å². The average Bonchev–Trinajstić information content (AvgIpc) is 1.99. The van der Waals surface area contributed by atoms with Crippen LogP contribution in [0.1, 0.15) is 22.8 Å². The number of hydrogen-bond donors (Lipinski definition) is 0. The molecule has 0 aromatic heterocycles. The van der Waals surface area contributed by atoms with E-state index >= 15 is 0 Å². The van der Waals surface area contributed by atoms with Crippen LogP contribution < -0.4 is 4.74 Å². The highest BCUT2D eigenvalue weighted by atomic mass is 127. The van der Waals surface area contributed by atoms with E-state index in [1.165, 1.54) is 19.1 Å². The SMILES string of the molecule is CC(=O)c1c(C)cc(OC(F)F)cc1I. The fourth-order valence-electron chi connectivity index (χ4n) is 1.33. The highest BCUT2D eigenvalue weighted by Gasteiger charge is 2.12. The number of aryl methyl sites for hydroxylation is 1. The number of carbonyl (C=O) groups excluding carboxylic acids is 1. The number of benzene rings is 1. The largest absolute Gasteiger partial charge is 0.435 e. The fourth-order valence-corrected chi connectivity index (χ4v) is 2.44. The molecule has 1 aromatic carbocycles. The molecule has 0 aliphatic rings. The maximum absolute atomic E-state index is 12.0. The van der Waals surface area contributed by atoms with Crippen molar-refractivity contribution in [3.8, 4) is 5.75 Å². The van der Waals surface area contributed by atoms with Crippen molar-refractivity contribution in [3.05, 3.63) is 26.8 Å². The molecule has 0 bridgehead atoms. The van der Waals surface area contributed by atoms with Crippen LogP contribution in [0.5, 0.6) is 5.75 Å². The molecule has 0 aliphatic heterocycles. The Morgan fingerprint density at radius 1 is 1.47 bits per heavy atom. The summed E-state index contributed by atoms with van der Waals surface area (Å²) in [5.41, 5.74) is 1.20.